The van der Waals surface area contributed by atoms with Gasteiger partial charge in [-0.2, -0.15) is 0 Å². The van der Waals surface area contributed by atoms with Crippen LogP contribution in [0.1, 0.15) is 5.56 Å². The van der Waals surface area contributed by atoms with E-state index in [-0.39, 0.29) is 5.84 Å². The molecule has 2 heterocycles. The molecule has 3 aromatic rings. The zero-order valence-electron chi connectivity index (χ0n) is 10.5. The Labute approximate surface area is 131 Å². The van der Waals surface area contributed by atoms with Gasteiger partial charge in [-0.05, 0) is 28.1 Å². The molecule has 0 aliphatic rings. The summed E-state index contributed by atoms with van der Waals surface area (Å²) in [6, 6.07) is 5.56. The second kappa shape index (κ2) is 5.70. The van der Waals surface area contributed by atoms with Crippen LogP contribution in [-0.2, 0) is 0 Å². The Bertz CT molecular complexity index is 833. The maximum absolute atomic E-state index is 8.93. The molecule has 106 valence electrons. The maximum Gasteiger partial charge on any atom is 0.181 e. The molecule has 0 saturated carbocycles. The lowest BCUT2D eigenvalue weighted by molar-refractivity contribution is 0.318. The molecule has 0 bridgehead atoms. The van der Waals surface area contributed by atoms with E-state index in [1.807, 2.05) is 18.2 Å². The zero-order chi connectivity index (χ0) is 14.8. The predicted octanol–water partition coefficient (Wildman–Crippen LogP) is 2.36. The fourth-order valence-electron chi connectivity index (χ4n) is 1.81. The van der Waals surface area contributed by atoms with Crippen molar-refractivity contribution in [2.24, 2.45) is 10.9 Å². The fraction of sp³-hybridized carbons (Fsp3) is 0. The van der Waals surface area contributed by atoms with Crippen molar-refractivity contribution in [3.63, 3.8) is 0 Å². The Morgan fingerprint density at radius 3 is 3.00 bits per heavy atom. The van der Waals surface area contributed by atoms with Gasteiger partial charge < -0.3 is 15.9 Å². The molecule has 0 aliphatic heterocycles. The smallest absolute Gasteiger partial charge is 0.181 e. The number of benzene rings is 1. The molecule has 3 rings (SSSR count). The van der Waals surface area contributed by atoms with E-state index in [2.05, 4.69) is 41.0 Å². The average molecular weight is 365 g/mol. The molecule has 9 heteroatoms. The summed E-state index contributed by atoms with van der Waals surface area (Å²) in [6.07, 6.45) is 3.02. The molecule has 0 aliphatic carbocycles. The van der Waals surface area contributed by atoms with Gasteiger partial charge in [-0.1, -0.05) is 23.0 Å². The van der Waals surface area contributed by atoms with Crippen LogP contribution in [0.15, 0.2) is 50.4 Å². The van der Waals surface area contributed by atoms with Crippen molar-refractivity contribution >= 4 is 44.7 Å². The highest BCUT2D eigenvalue weighted by molar-refractivity contribution is 9.10. The number of rotatable bonds is 3. The van der Waals surface area contributed by atoms with Crippen molar-refractivity contribution < 1.29 is 5.21 Å². The topological polar surface area (TPSA) is 113 Å². The van der Waals surface area contributed by atoms with Gasteiger partial charge in [0.05, 0.1) is 6.33 Å². The molecule has 0 atom stereocenters. The van der Waals surface area contributed by atoms with Crippen LogP contribution in [-0.4, -0.2) is 31.0 Å². The summed E-state index contributed by atoms with van der Waals surface area (Å²) in [6.45, 7) is 0. The molecule has 0 fully saturated rings. The monoisotopic (exact) mass is 364 g/mol. The minimum Gasteiger partial charge on any atom is -0.409 e. The minimum atomic E-state index is 0.0277. The highest BCUT2D eigenvalue weighted by Gasteiger charge is 2.15. The molecule has 2 aromatic heterocycles. The van der Waals surface area contributed by atoms with Crippen LogP contribution in [0.4, 0.5) is 0 Å². The summed E-state index contributed by atoms with van der Waals surface area (Å²) in [4.78, 5) is 16.2. The first kappa shape index (κ1) is 13.8. The normalized spacial score (nSPS) is 12.0. The molecule has 0 amide bonds. The molecule has 0 spiro atoms. The van der Waals surface area contributed by atoms with E-state index in [0.717, 1.165) is 14.9 Å². The van der Waals surface area contributed by atoms with E-state index >= 15 is 0 Å². The van der Waals surface area contributed by atoms with Crippen molar-refractivity contribution in [1.82, 2.24) is 19.9 Å². The summed E-state index contributed by atoms with van der Waals surface area (Å²) in [5.74, 6) is 0.0277. The van der Waals surface area contributed by atoms with Crippen molar-refractivity contribution in [2.75, 3.05) is 0 Å². The lowest BCUT2D eigenvalue weighted by atomic mass is 10.2. The third-order valence-electron chi connectivity index (χ3n) is 2.73. The quantitative estimate of drug-likeness (QED) is 0.216. The van der Waals surface area contributed by atoms with Gasteiger partial charge in [-0.3, -0.25) is 0 Å². The number of aromatic amines is 1. The minimum absolute atomic E-state index is 0.0277. The number of H-pyrrole nitrogens is 1. The second-order valence-corrected chi connectivity index (χ2v) is 5.87. The molecular formula is C12H9BrN6OS. The number of aromatic nitrogens is 4. The van der Waals surface area contributed by atoms with E-state index in [1.54, 1.807) is 6.33 Å². The van der Waals surface area contributed by atoms with E-state index in [4.69, 9.17) is 10.9 Å². The second-order valence-electron chi connectivity index (χ2n) is 3.98. The largest absolute Gasteiger partial charge is 0.409 e. The van der Waals surface area contributed by atoms with Crippen LogP contribution >= 0.6 is 27.7 Å². The molecule has 0 radical (unpaired) electrons. The van der Waals surface area contributed by atoms with Crippen molar-refractivity contribution in [3.05, 3.63) is 40.9 Å². The van der Waals surface area contributed by atoms with Gasteiger partial charge in [-0.15, -0.1) is 0 Å². The summed E-state index contributed by atoms with van der Waals surface area (Å²) < 4.78 is 0.734. The van der Waals surface area contributed by atoms with E-state index in [9.17, 15) is 0 Å². The van der Waals surface area contributed by atoms with Crippen LogP contribution in [0.2, 0.25) is 0 Å². The van der Waals surface area contributed by atoms with Gasteiger partial charge in [0.1, 0.15) is 16.9 Å². The van der Waals surface area contributed by atoms with Crippen molar-refractivity contribution in [3.8, 4) is 0 Å². The summed E-state index contributed by atoms with van der Waals surface area (Å²) in [7, 11) is 0. The van der Waals surface area contributed by atoms with E-state index in [0.29, 0.717) is 16.2 Å². The SMILES string of the molecule is N/C(=N/O)c1c(Br)cccc1Sc1ncnc2nc[nH]c12. The average Bonchev–Trinajstić information content (AvgIpc) is 2.96. The van der Waals surface area contributed by atoms with Gasteiger partial charge in [0.15, 0.2) is 11.5 Å². The summed E-state index contributed by atoms with van der Waals surface area (Å²) >= 11 is 4.79. The van der Waals surface area contributed by atoms with Crippen LogP contribution in [0.5, 0.6) is 0 Å². The van der Waals surface area contributed by atoms with Gasteiger partial charge in [0, 0.05) is 14.9 Å². The number of oxime groups is 1. The molecule has 21 heavy (non-hydrogen) atoms. The number of nitrogens with two attached hydrogens (primary N) is 1. The lowest BCUT2D eigenvalue weighted by Crippen LogP contribution is -2.15. The third-order valence-corrected chi connectivity index (χ3v) is 4.46. The first-order valence-electron chi connectivity index (χ1n) is 5.79. The molecule has 7 nitrogen and oxygen atoms in total. The Hall–Kier alpha value is -2.13. The molecule has 0 saturated heterocycles. The molecular weight excluding hydrogens is 356 g/mol. The van der Waals surface area contributed by atoms with Gasteiger partial charge in [0.25, 0.3) is 0 Å². The number of amidine groups is 1. The Morgan fingerprint density at radius 1 is 1.33 bits per heavy atom. The Kier molecular flexibility index (Phi) is 3.76. The number of imidazole rings is 1. The zero-order valence-corrected chi connectivity index (χ0v) is 12.9. The van der Waals surface area contributed by atoms with Crippen molar-refractivity contribution in [1.29, 1.82) is 0 Å². The summed E-state index contributed by atoms with van der Waals surface area (Å²) in [5.41, 5.74) is 7.69. The van der Waals surface area contributed by atoms with Crippen LogP contribution < -0.4 is 5.73 Å². The number of fused-ring (bicyclic) bond motifs is 1. The molecule has 0 unspecified atom stereocenters. The molecule has 1 aromatic carbocycles. The third kappa shape index (κ3) is 2.57. The van der Waals surface area contributed by atoms with Crippen LogP contribution in [0, 0.1) is 0 Å². The first-order valence-corrected chi connectivity index (χ1v) is 7.40. The van der Waals surface area contributed by atoms with Crippen molar-refractivity contribution in [2.45, 2.75) is 9.92 Å². The number of hydrogen-bond donors (Lipinski definition) is 3. The molecule has 4 N–H and O–H groups in total. The highest BCUT2D eigenvalue weighted by Crippen LogP contribution is 2.34. The van der Waals surface area contributed by atoms with E-state index < -0.39 is 0 Å². The van der Waals surface area contributed by atoms with Crippen LogP contribution in [0.3, 0.4) is 0 Å². The number of nitrogens with one attached hydrogen (secondary N) is 1. The van der Waals surface area contributed by atoms with Gasteiger partial charge in [0.2, 0.25) is 0 Å². The number of hydrogen-bond acceptors (Lipinski definition) is 6. The lowest BCUT2D eigenvalue weighted by Gasteiger charge is -2.09. The highest BCUT2D eigenvalue weighted by atomic mass is 79.9. The van der Waals surface area contributed by atoms with E-state index in [1.165, 1.54) is 18.1 Å². The first-order chi connectivity index (χ1) is 10.2. The number of halogens is 1. The maximum atomic E-state index is 8.93. The Balaban J connectivity index is 2.10. The summed E-state index contributed by atoms with van der Waals surface area (Å²) in [5, 5.41) is 12.7. The Morgan fingerprint density at radius 2 is 2.19 bits per heavy atom. The standard InChI is InChI=1S/C12H9BrN6OS/c13-6-2-1-3-7(8(6)10(14)19-20)21-12-9-11(16-4-15-9)17-5-18-12/h1-5,20H,(H2,14,19)(H,15,16,17,18). The van der Waals surface area contributed by atoms with Gasteiger partial charge in [-0.25, -0.2) is 15.0 Å². The predicted molar refractivity (Wildman–Crippen MR) is 82.5 cm³/mol. The fourth-order valence-corrected chi connectivity index (χ4v) is 3.54. The van der Waals surface area contributed by atoms with Gasteiger partial charge >= 0.3 is 0 Å². The van der Waals surface area contributed by atoms with Crippen LogP contribution in [0.25, 0.3) is 11.2 Å². The number of nitrogens with zero attached hydrogens (tertiary/aromatic N) is 4.